The third-order valence-electron chi connectivity index (χ3n) is 2.94. The van der Waals surface area contributed by atoms with Gasteiger partial charge < -0.3 is 4.74 Å². The molecule has 126 valence electrons. The standard InChI is InChI=1S/C18H21N3O2S/c1-13(2)23-16-9-7-15(8-10-16)12-20-21-18(22)14(3)24-17-6-4-5-11-19-17/h4-14H,1-3H3,(H,21,22)/b20-12-/t14-/m0/s1. The number of aromatic nitrogens is 1. The minimum Gasteiger partial charge on any atom is -0.491 e. The highest BCUT2D eigenvalue weighted by atomic mass is 32.2. The van der Waals surface area contributed by atoms with Crippen molar-refractivity contribution < 1.29 is 9.53 Å². The molecular formula is C18H21N3O2S. The SMILES string of the molecule is CC(C)Oc1ccc(/C=N\NC(=O)[C@H](C)Sc2ccccn2)cc1. The Morgan fingerprint density at radius 3 is 2.58 bits per heavy atom. The number of amides is 1. The molecule has 5 nitrogen and oxygen atoms in total. The number of benzene rings is 1. The van der Waals surface area contributed by atoms with Crippen molar-refractivity contribution in [3.05, 3.63) is 54.2 Å². The van der Waals surface area contributed by atoms with Crippen LogP contribution in [0.2, 0.25) is 0 Å². The molecule has 0 fully saturated rings. The van der Waals surface area contributed by atoms with Crippen molar-refractivity contribution in [2.24, 2.45) is 5.10 Å². The van der Waals surface area contributed by atoms with Crippen LogP contribution >= 0.6 is 11.8 Å². The van der Waals surface area contributed by atoms with Crippen molar-refractivity contribution in [2.75, 3.05) is 0 Å². The van der Waals surface area contributed by atoms with Gasteiger partial charge in [-0.05, 0) is 62.7 Å². The third kappa shape index (κ3) is 6.04. The van der Waals surface area contributed by atoms with E-state index in [1.54, 1.807) is 12.4 Å². The quantitative estimate of drug-likeness (QED) is 0.475. The normalized spacial score (nSPS) is 12.3. The molecule has 0 saturated heterocycles. The number of carbonyl (C=O) groups is 1. The molecule has 24 heavy (non-hydrogen) atoms. The Labute approximate surface area is 146 Å². The second-order valence-corrected chi connectivity index (χ2v) is 6.76. The number of rotatable bonds is 7. The molecule has 6 heteroatoms. The molecule has 0 aliphatic heterocycles. The van der Waals surface area contributed by atoms with Crippen LogP contribution in [-0.2, 0) is 4.79 Å². The number of hydrogen-bond acceptors (Lipinski definition) is 5. The molecule has 0 aliphatic carbocycles. The van der Waals surface area contributed by atoms with Crippen molar-refractivity contribution >= 4 is 23.9 Å². The lowest BCUT2D eigenvalue weighted by Crippen LogP contribution is -2.26. The van der Waals surface area contributed by atoms with Crippen LogP contribution in [0, 0.1) is 0 Å². The van der Waals surface area contributed by atoms with E-state index >= 15 is 0 Å². The Balaban J connectivity index is 1.83. The highest BCUT2D eigenvalue weighted by Gasteiger charge is 2.13. The van der Waals surface area contributed by atoms with Crippen molar-refractivity contribution in [1.82, 2.24) is 10.4 Å². The summed E-state index contributed by atoms with van der Waals surface area (Å²) >= 11 is 1.39. The van der Waals surface area contributed by atoms with E-state index in [0.717, 1.165) is 16.3 Å². The number of hydrazone groups is 1. The molecule has 2 rings (SSSR count). The van der Waals surface area contributed by atoms with Gasteiger partial charge in [0.1, 0.15) is 5.75 Å². The van der Waals surface area contributed by atoms with Crippen LogP contribution in [0.1, 0.15) is 26.3 Å². The first-order valence-corrected chi connectivity index (χ1v) is 8.60. The van der Waals surface area contributed by atoms with Crippen LogP contribution in [0.25, 0.3) is 0 Å². The summed E-state index contributed by atoms with van der Waals surface area (Å²) in [6, 6.07) is 13.1. The predicted molar refractivity (Wildman–Crippen MR) is 97.5 cm³/mol. The molecule has 1 atom stereocenters. The topological polar surface area (TPSA) is 63.6 Å². The molecule has 0 radical (unpaired) electrons. The Morgan fingerprint density at radius 1 is 1.21 bits per heavy atom. The van der Waals surface area contributed by atoms with Crippen LogP contribution in [0.4, 0.5) is 0 Å². The minimum absolute atomic E-state index is 0.141. The van der Waals surface area contributed by atoms with Gasteiger partial charge in [-0.3, -0.25) is 4.79 Å². The van der Waals surface area contributed by atoms with Gasteiger partial charge in [0.25, 0.3) is 5.91 Å². The largest absolute Gasteiger partial charge is 0.491 e. The van der Waals surface area contributed by atoms with Gasteiger partial charge in [-0.25, -0.2) is 10.4 Å². The second kappa shape index (κ2) is 9.08. The van der Waals surface area contributed by atoms with Gasteiger partial charge in [-0.15, -0.1) is 0 Å². The summed E-state index contributed by atoms with van der Waals surface area (Å²) in [6.45, 7) is 5.78. The smallest absolute Gasteiger partial charge is 0.253 e. The predicted octanol–water partition coefficient (Wildman–Crippen LogP) is 3.50. The van der Waals surface area contributed by atoms with E-state index < -0.39 is 0 Å². The number of ether oxygens (including phenoxy) is 1. The number of pyridine rings is 1. The zero-order chi connectivity index (χ0) is 17.4. The first kappa shape index (κ1) is 18.0. The molecular weight excluding hydrogens is 322 g/mol. The van der Waals surface area contributed by atoms with Gasteiger partial charge in [0.15, 0.2) is 0 Å². The Morgan fingerprint density at radius 2 is 1.96 bits per heavy atom. The van der Waals surface area contributed by atoms with Gasteiger partial charge in [0.05, 0.1) is 22.6 Å². The highest BCUT2D eigenvalue weighted by Crippen LogP contribution is 2.20. The molecule has 0 saturated carbocycles. The Bertz CT molecular complexity index is 672. The summed E-state index contributed by atoms with van der Waals surface area (Å²) in [4.78, 5) is 16.2. The monoisotopic (exact) mass is 343 g/mol. The van der Waals surface area contributed by atoms with E-state index in [1.165, 1.54) is 11.8 Å². The number of nitrogens with zero attached hydrogens (tertiary/aromatic N) is 2. The maximum Gasteiger partial charge on any atom is 0.253 e. The molecule has 1 aromatic carbocycles. The third-order valence-corrected chi connectivity index (χ3v) is 4.00. The Hall–Kier alpha value is -2.34. The van der Waals surface area contributed by atoms with Crippen molar-refractivity contribution in [3.8, 4) is 5.75 Å². The molecule has 1 amide bonds. The average molecular weight is 343 g/mol. The fourth-order valence-electron chi connectivity index (χ4n) is 1.82. The molecule has 0 unspecified atom stereocenters. The van der Waals surface area contributed by atoms with Crippen LogP contribution in [0.3, 0.4) is 0 Å². The summed E-state index contributed by atoms with van der Waals surface area (Å²) in [5.41, 5.74) is 3.43. The second-order valence-electron chi connectivity index (χ2n) is 5.40. The van der Waals surface area contributed by atoms with Gasteiger partial charge in [0.2, 0.25) is 0 Å². The highest BCUT2D eigenvalue weighted by molar-refractivity contribution is 8.00. The number of carbonyl (C=O) groups excluding carboxylic acids is 1. The van der Waals surface area contributed by atoms with Gasteiger partial charge in [-0.1, -0.05) is 17.8 Å². The summed E-state index contributed by atoms with van der Waals surface area (Å²) in [5, 5.41) is 4.53. The molecule has 0 aliphatic rings. The number of hydrogen-bond donors (Lipinski definition) is 1. The lowest BCUT2D eigenvalue weighted by atomic mass is 10.2. The van der Waals surface area contributed by atoms with E-state index in [9.17, 15) is 4.79 Å². The summed E-state index contributed by atoms with van der Waals surface area (Å²) in [5.74, 6) is 0.647. The van der Waals surface area contributed by atoms with Crippen molar-refractivity contribution in [2.45, 2.75) is 37.2 Å². The molecule has 0 bridgehead atoms. The van der Waals surface area contributed by atoms with Gasteiger partial charge >= 0.3 is 0 Å². The van der Waals surface area contributed by atoms with Gasteiger partial charge in [-0.2, -0.15) is 5.10 Å². The first-order chi connectivity index (χ1) is 11.5. The van der Waals surface area contributed by atoms with Crippen molar-refractivity contribution in [1.29, 1.82) is 0 Å². The van der Waals surface area contributed by atoms with Crippen LogP contribution < -0.4 is 10.2 Å². The molecule has 2 aromatic rings. The van der Waals surface area contributed by atoms with Gasteiger partial charge in [0, 0.05) is 6.20 Å². The van der Waals surface area contributed by atoms with E-state index in [2.05, 4.69) is 15.5 Å². The summed E-state index contributed by atoms with van der Waals surface area (Å²) in [7, 11) is 0. The van der Waals surface area contributed by atoms with E-state index in [-0.39, 0.29) is 17.3 Å². The van der Waals surface area contributed by atoms with Crippen LogP contribution in [-0.4, -0.2) is 28.5 Å². The fourth-order valence-corrected chi connectivity index (χ4v) is 2.62. The van der Waals surface area contributed by atoms with E-state index in [1.807, 2.05) is 63.2 Å². The summed E-state index contributed by atoms with van der Waals surface area (Å²) in [6.07, 6.45) is 3.45. The van der Waals surface area contributed by atoms with E-state index in [0.29, 0.717) is 0 Å². The molecule has 1 heterocycles. The van der Waals surface area contributed by atoms with Crippen LogP contribution in [0.15, 0.2) is 58.8 Å². The Kier molecular flexibility index (Phi) is 6.81. The first-order valence-electron chi connectivity index (χ1n) is 7.72. The number of thioether (sulfide) groups is 1. The van der Waals surface area contributed by atoms with Crippen molar-refractivity contribution in [3.63, 3.8) is 0 Å². The maximum absolute atomic E-state index is 12.0. The zero-order valence-electron chi connectivity index (χ0n) is 14.0. The zero-order valence-corrected chi connectivity index (χ0v) is 14.8. The molecule has 0 spiro atoms. The number of nitrogens with one attached hydrogen (secondary N) is 1. The molecule has 1 aromatic heterocycles. The molecule has 1 N–H and O–H groups in total. The lowest BCUT2D eigenvalue weighted by molar-refractivity contribution is -0.120. The average Bonchev–Trinajstić information content (AvgIpc) is 2.56. The maximum atomic E-state index is 12.0. The fraction of sp³-hybridized carbons (Fsp3) is 0.278. The lowest BCUT2D eigenvalue weighted by Gasteiger charge is -2.09. The summed E-state index contributed by atoms with van der Waals surface area (Å²) < 4.78 is 5.58. The minimum atomic E-state index is -0.279. The van der Waals surface area contributed by atoms with Crippen LogP contribution in [0.5, 0.6) is 5.75 Å². The van der Waals surface area contributed by atoms with E-state index in [4.69, 9.17) is 4.74 Å².